The van der Waals surface area contributed by atoms with E-state index in [4.69, 9.17) is 0 Å². The number of aromatic hydroxyl groups is 2. The molecule has 1 aliphatic carbocycles. The predicted molar refractivity (Wildman–Crippen MR) is 98.3 cm³/mol. The van der Waals surface area contributed by atoms with Crippen LogP contribution in [0.2, 0.25) is 0 Å². The lowest BCUT2D eigenvalue weighted by atomic mass is 9.63. The third-order valence-electron chi connectivity index (χ3n) is 7.05. The molecule has 0 amide bonds. The van der Waals surface area contributed by atoms with Crippen LogP contribution in [0.25, 0.3) is 0 Å². The lowest BCUT2D eigenvalue weighted by Crippen LogP contribution is -2.36. The van der Waals surface area contributed by atoms with Crippen molar-refractivity contribution in [1.82, 2.24) is 0 Å². The van der Waals surface area contributed by atoms with Crippen molar-refractivity contribution in [1.29, 1.82) is 0 Å². The highest BCUT2D eigenvalue weighted by molar-refractivity contribution is 5.46. The van der Waals surface area contributed by atoms with Gasteiger partial charge in [0.1, 0.15) is 11.5 Å². The van der Waals surface area contributed by atoms with Gasteiger partial charge in [-0.1, -0.05) is 58.9 Å². The minimum atomic E-state index is -0.131. The Labute approximate surface area is 145 Å². The Morgan fingerprint density at radius 1 is 0.750 bits per heavy atom. The fourth-order valence-electron chi connectivity index (χ4n) is 4.67. The number of rotatable bonds is 2. The summed E-state index contributed by atoms with van der Waals surface area (Å²) in [6, 6.07) is 15.3. The van der Waals surface area contributed by atoms with Crippen LogP contribution in [-0.4, -0.2) is 10.2 Å². The van der Waals surface area contributed by atoms with Gasteiger partial charge in [-0.3, -0.25) is 0 Å². The molecule has 0 spiro atoms. The summed E-state index contributed by atoms with van der Waals surface area (Å²) in [6.45, 7) is 11.8. The van der Waals surface area contributed by atoms with Gasteiger partial charge in [0.05, 0.1) is 0 Å². The first-order valence-corrected chi connectivity index (χ1v) is 8.70. The lowest BCUT2D eigenvalue weighted by Gasteiger charge is -2.40. The maximum atomic E-state index is 9.73. The quantitative estimate of drug-likeness (QED) is 0.768. The first-order valence-electron chi connectivity index (χ1n) is 8.70. The Balaban J connectivity index is 2.27. The number of phenolic OH excluding ortho intramolecular Hbond substituents is 2. The molecule has 1 unspecified atom stereocenters. The number of benzene rings is 2. The van der Waals surface area contributed by atoms with Crippen LogP contribution in [0.1, 0.15) is 52.2 Å². The minimum absolute atomic E-state index is 0.131. The largest absolute Gasteiger partial charge is 0.508 e. The van der Waals surface area contributed by atoms with E-state index in [0.717, 1.165) is 6.42 Å². The third-order valence-corrected chi connectivity index (χ3v) is 7.05. The zero-order valence-corrected chi connectivity index (χ0v) is 15.3. The first kappa shape index (κ1) is 16.9. The molecule has 1 fully saturated rings. The van der Waals surface area contributed by atoms with E-state index in [9.17, 15) is 10.2 Å². The number of hydrogen-bond donors (Lipinski definition) is 2. The van der Waals surface area contributed by atoms with Crippen molar-refractivity contribution in [3.05, 3.63) is 59.7 Å². The third kappa shape index (κ3) is 2.23. The zero-order valence-electron chi connectivity index (χ0n) is 15.3. The smallest absolute Gasteiger partial charge is 0.115 e. The molecule has 2 N–H and O–H groups in total. The van der Waals surface area contributed by atoms with E-state index in [0.29, 0.717) is 17.4 Å². The van der Waals surface area contributed by atoms with Gasteiger partial charge in [0.25, 0.3) is 0 Å². The summed E-state index contributed by atoms with van der Waals surface area (Å²) in [5, 5.41) is 19.5. The van der Waals surface area contributed by atoms with E-state index in [1.165, 1.54) is 11.1 Å². The Morgan fingerprint density at radius 2 is 1.12 bits per heavy atom. The fourth-order valence-corrected chi connectivity index (χ4v) is 4.67. The van der Waals surface area contributed by atoms with Gasteiger partial charge < -0.3 is 10.2 Å². The maximum absolute atomic E-state index is 9.73. The topological polar surface area (TPSA) is 40.5 Å². The van der Waals surface area contributed by atoms with Gasteiger partial charge in [-0.15, -0.1) is 0 Å². The molecule has 0 radical (unpaired) electrons. The summed E-state index contributed by atoms with van der Waals surface area (Å²) in [5.41, 5.74) is 2.66. The van der Waals surface area contributed by atoms with E-state index in [1.807, 2.05) is 0 Å². The highest BCUT2D eigenvalue weighted by atomic mass is 16.3. The summed E-state index contributed by atoms with van der Waals surface area (Å²) < 4.78 is 0. The Kier molecular flexibility index (Phi) is 3.71. The van der Waals surface area contributed by atoms with E-state index >= 15 is 0 Å². The second kappa shape index (κ2) is 5.27. The van der Waals surface area contributed by atoms with Crippen LogP contribution in [0.3, 0.4) is 0 Å². The first-order chi connectivity index (χ1) is 11.1. The summed E-state index contributed by atoms with van der Waals surface area (Å²) in [4.78, 5) is 0. The van der Waals surface area contributed by atoms with Crippen molar-refractivity contribution in [2.24, 2.45) is 16.7 Å². The molecule has 0 saturated heterocycles. The molecule has 3 rings (SSSR count). The summed E-state index contributed by atoms with van der Waals surface area (Å²) in [7, 11) is 0. The van der Waals surface area contributed by atoms with Gasteiger partial charge in [-0.25, -0.2) is 0 Å². The van der Waals surface area contributed by atoms with Gasteiger partial charge in [-0.05, 0) is 58.6 Å². The second-order valence-corrected chi connectivity index (χ2v) is 8.57. The highest BCUT2D eigenvalue weighted by Gasteiger charge is 2.60. The van der Waals surface area contributed by atoms with E-state index < -0.39 is 0 Å². The minimum Gasteiger partial charge on any atom is -0.508 e. The molecule has 0 aliphatic heterocycles. The molecule has 2 nitrogen and oxygen atoms in total. The monoisotopic (exact) mass is 324 g/mol. The molecule has 0 heterocycles. The SMILES string of the molecule is CC1C(c2ccc(O)cc2)(c2ccc(O)cc2)CC(C)(C)C1(C)C. The van der Waals surface area contributed by atoms with Crippen molar-refractivity contribution >= 4 is 0 Å². The second-order valence-electron chi connectivity index (χ2n) is 8.57. The molecule has 2 heteroatoms. The Bertz CT molecular complexity index is 678. The molecule has 1 aliphatic rings. The number of hydrogen-bond acceptors (Lipinski definition) is 2. The van der Waals surface area contributed by atoms with Crippen molar-refractivity contribution in [3.8, 4) is 11.5 Å². The molecule has 0 aromatic heterocycles. The molecule has 1 atom stereocenters. The van der Waals surface area contributed by atoms with Crippen LogP contribution < -0.4 is 0 Å². The van der Waals surface area contributed by atoms with Crippen LogP contribution in [0, 0.1) is 16.7 Å². The average Bonchev–Trinajstić information content (AvgIpc) is 2.67. The average molecular weight is 324 g/mol. The van der Waals surface area contributed by atoms with E-state index in [2.05, 4.69) is 58.9 Å². The van der Waals surface area contributed by atoms with Crippen LogP contribution in [0.15, 0.2) is 48.5 Å². The van der Waals surface area contributed by atoms with E-state index in [1.54, 1.807) is 24.3 Å². The lowest BCUT2D eigenvalue weighted by molar-refractivity contribution is 0.112. The van der Waals surface area contributed by atoms with Crippen LogP contribution in [0.5, 0.6) is 11.5 Å². The van der Waals surface area contributed by atoms with Crippen molar-refractivity contribution < 1.29 is 10.2 Å². The van der Waals surface area contributed by atoms with Gasteiger partial charge in [-0.2, -0.15) is 0 Å². The van der Waals surface area contributed by atoms with Gasteiger partial charge >= 0.3 is 0 Å². The van der Waals surface area contributed by atoms with E-state index in [-0.39, 0.29) is 16.2 Å². The molecular weight excluding hydrogens is 296 g/mol. The van der Waals surface area contributed by atoms with Crippen molar-refractivity contribution in [2.45, 2.75) is 46.5 Å². The van der Waals surface area contributed by atoms with Gasteiger partial charge in [0.15, 0.2) is 0 Å². The Hall–Kier alpha value is -1.96. The summed E-state index contributed by atoms with van der Waals surface area (Å²) in [5.74, 6) is 1.00. The normalized spacial score (nSPS) is 24.0. The molecule has 24 heavy (non-hydrogen) atoms. The predicted octanol–water partition coefficient (Wildman–Crippen LogP) is 5.48. The summed E-state index contributed by atoms with van der Waals surface area (Å²) in [6.07, 6.45) is 1.03. The standard InChI is InChI=1S/C22H28O2/c1-15-21(4,5)20(2,3)14-22(15,16-6-10-18(23)11-7-16)17-8-12-19(24)13-9-17/h6-13,15,23-24H,14H2,1-5H3. The number of phenols is 2. The van der Waals surface area contributed by atoms with Gasteiger partial charge in [0, 0.05) is 5.41 Å². The Morgan fingerprint density at radius 3 is 1.42 bits per heavy atom. The van der Waals surface area contributed by atoms with Crippen molar-refractivity contribution in [3.63, 3.8) is 0 Å². The molecule has 2 aromatic carbocycles. The highest BCUT2D eigenvalue weighted by Crippen LogP contribution is 2.66. The van der Waals surface area contributed by atoms with Crippen LogP contribution in [-0.2, 0) is 5.41 Å². The van der Waals surface area contributed by atoms with Crippen LogP contribution in [0.4, 0.5) is 0 Å². The molecule has 128 valence electrons. The van der Waals surface area contributed by atoms with Gasteiger partial charge in [0.2, 0.25) is 0 Å². The molecule has 1 saturated carbocycles. The van der Waals surface area contributed by atoms with Crippen molar-refractivity contribution in [2.75, 3.05) is 0 Å². The van der Waals surface area contributed by atoms with Crippen LogP contribution >= 0.6 is 0 Å². The molecule has 2 aromatic rings. The fraction of sp³-hybridized carbons (Fsp3) is 0.455. The summed E-state index contributed by atoms with van der Waals surface area (Å²) >= 11 is 0. The zero-order chi connectivity index (χ0) is 17.8. The molecular formula is C22H28O2. The maximum Gasteiger partial charge on any atom is 0.115 e. The molecule has 0 bridgehead atoms.